The van der Waals surface area contributed by atoms with Gasteiger partial charge in [0.25, 0.3) is 0 Å². The molecule has 2 N–H and O–H groups in total. The van der Waals surface area contributed by atoms with E-state index < -0.39 is 5.97 Å². The Morgan fingerprint density at radius 3 is 2.05 bits per heavy atom. The van der Waals surface area contributed by atoms with Crippen LogP contribution in [0.3, 0.4) is 0 Å². The van der Waals surface area contributed by atoms with E-state index >= 15 is 0 Å². The molecule has 0 aliphatic heterocycles. The molecule has 1 amide bonds. The Bertz CT molecular complexity index is 259. The second-order valence-corrected chi connectivity index (χ2v) is 4.04. The Balaban J connectivity index is 3.03. The zero-order chi connectivity index (χ0) is 15.1. The van der Waals surface area contributed by atoms with Crippen molar-refractivity contribution in [3.63, 3.8) is 0 Å². The number of ether oxygens (including phenoxy) is 3. The lowest BCUT2D eigenvalue weighted by Crippen LogP contribution is -2.26. The molecule has 0 atom stereocenters. The Morgan fingerprint density at radius 2 is 1.50 bits per heavy atom. The van der Waals surface area contributed by atoms with Crippen LogP contribution in [0.5, 0.6) is 0 Å². The predicted octanol–water partition coefficient (Wildman–Crippen LogP) is 0.427. The van der Waals surface area contributed by atoms with Crippen molar-refractivity contribution < 1.29 is 28.9 Å². The highest BCUT2D eigenvalue weighted by Crippen LogP contribution is 1.90. The molecule has 118 valence electrons. The summed E-state index contributed by atoms with van der Waals surface area (Å²) < 4.78 is 15.7. The van der Waals surface area contributed by atoms with Crippen molar-refractivity contribution in [2.45, 2.75) is 26.2 Å². The third-order valence-electron chi connectivity index (χ3n) is 2.31. The van der Waals surface area contributed by atoms with Gasteiger partial charge in [0.15, 0.2) is 0 Å². The van der Waals surface area contributed by atoms with E-state index in [1.807, 2.05) is 0 Å². The molecular weight excluding hydrogens is 266 g/mol. The van der Waals surface area contributed by atoms with Gasteiger partial charge in [0.2, 0.25) is 5.91 Å². The topological polar surface area (TPSA) is 94.1 Å². The molecule has 0 aromatic rings. The maximum absolute atomic E-state index is 10.9. The minimum absolute atomic E-state index is 0.0184. The predicted molar refractivity (Wildman–Crippen MR) is 72.6 cm³/mol. The van der Waals surface area contributed by atoms with E-state index in [4.69, 9.17) is 19.3 Å². The van der Waals surface area contributed by atoms with Crippen molar-refractivity contribution in [1.29, 1.82) is 0 Å². The summed E-state index contributed by atoms with van der Waals surface area (Å²) in [5, 5.41) is 11.1. The first-order chi connectivity index (χ1) is 9.66. The number of rotatable bonds is 14. The SMILES string of the molecule is CCC(=O)NCCOCCOCCOCCCC(=O)O. The van der Waals surface area contributed by atoms with E-state index in [2.05, 4.69) is 5.32 Å². The summed E-state index contributed by atoms with van der Waals surface area (Å²) in [5.41, 5.74) is 0. The Morgan fingerprint density at radius 1 is 0.950 bits per heavy atom. The fraction of sp³-hybridized carbons (Fsp3) is 0.846. The van der Waals surface area contributed by atoms with Gasteiger partial charge >= 0.3 is 5.97 Å². The van der Waals surface area contributed by atoms with Crippen LogP contribution >= 0.6 is 0 Å². The first-order valence-electron chi connectivity index (χ1n) is 6.88. The normalized spacial score (nSPS) is 10.4. The zero-order valence-electron chi connectivity index (χ0n) is 12.1. The van der Waals surface area contributed by atoms with Gasteiger partial charge in [0, 0.05) is 26.0 Å². The van der Waals surface area contributed by atoms with Gasteiger partial charge in [-0.3, -0.25) is 9.59 Å². The minimum Gasteiger partial charge on any atom is -0.481 e. The molecule has 0 aromatic carbocycles. The van der Waals surface area contributed by atoms with Crippen LogP contribution in [0.1, 0.15) is 26.2 Å². The average molecular weight is 291 g/mol. The summed E-state index contributed by atoms with van der Waals surface area (Å²) in [6.45, 7) is 5.08. The lowest BCUT2D eigenvalue weighted by Gasteiger charge is -2.07. The number of carboxylic acids is 1. The average Bonchev–Trinajstić information content (AvgIpc) is 2.43. The second-order valence-electron chi connectivity index (χ2n) is 4.04. The molecule has 0 saturated carbocycles. The summed E-state index contributed by atoms with van der Waals surface area (Å²) in [4.78, 5) is 21.1. The van der Waals surface area contributed by atoms with Crippen LogP contribution in [0.15, 0.2) is 0 Å². The highest BCUT2D eigenvalue weighted by atomic mass is 16.5. The molecule has 0 bridgehead atoms. The molecule has 0 spiro atoms. The third kappa shape index (κ3) is 14.9. The monoisotopic (exact) mass is 291 g/mol. The van der Waals surface area contributed by atoms with Crippen LogP contribution in [0.4, 0.5) is 0 Å². The number of carbonyl (C=O) groups excluding carboxylic acids is 1. The summed E-state index contributed by atoms with van der Waals surface area (Å²) in [6.07, 6.45) is 1.13. The van der Waals surface area contributed by atoms with Crippen LogP contribution in [-0.4, -0.2) is 63.2 Å². The summed E-state index contributed by atoms with van der Waals surface area (Å²) >= 11 is 0. The van der Waals surface area contributed by atoms with Crippen LogP contribution in [-0.2, 0) is 23.8 Å². The van der Waals surface area contributed by atoms with Gasteiger partial charge in [-0.2, -0.15) is 0 Å². The standard InChI is InChI=1S/C13H25NO6/c1-2-12(15)14-5-7-19-9-11-20-10-8-18-6-3-4-13(16)17/h2-11H2,1H3,(H,14,15)(H,16,17). The van der Waals surface area contributed by atoms with Gasteiger partial charge in [-0.05, 0) is 6.42 Å². The molecule has 0 aliphatic carbocycles. The van der Waals surface area contributed by atoms with Crippen molar-refractivity contribution in [3.05, 3.63) is 0 Å². The second kappa shape index (κ2) is 14.2. The zero-order valence-corrected chi connectivity index (χ0v) is 12.1. The van der Waals surface area contributed by atoms with Crippen molar-refractivity contribution >= 4 is 11.9 Å². The lowest BCUT2D eigenvalue weighted by atomic mass is 10.3. The third-order valence-corrected chi connectivity index (χ3v) is 2.31. The quantitative estimate of drug-likeness (QED) is 0.451. The van der Waals surface area contributed by atoms with Crippen molar-refractivity contribution in [3.8, 4) is 0 Å². The highest BCUT2D eigenvalue weighted by molar-refractivity contribution is 5.75. The molecule has 7 nitrogen and oxygen atoms in total. The van der Waals surface area contributed by atoms with Crippen molar-refractivity contribution in [1.82, 2.24) is 5.32 Å². The molecule has 0 saturated heterocycles. The van der Waals surface area contributed by atoms with Crippen LogP contribution < -0.4 is 5.32 Å². The fourth-order valence-corrected chi connectivity index (χ4v) is 1.25. The molecule has 0 aliphatic rings. The maximum atomic E-state index is 10.9. The smallest absolute Gasteiger partial charge is 0.303 e. The van der Waals surface area contributed by atoms with Crippen LogP contribution in [0.25, 0.3) is 0 Å². The number of amides is 1. The highest BCUT2D eigenvalue weighted by Gasteiger charge is 1.97. The molecule has 0 aromatic heterocycles. The first-order valence-corrected chi connectivity index (χ1v) is 6.88. The van der Waals surface area contributed by atoms with Gasteiger partial charge in [-0.25, -0.2) is 0 Å². The van der Waals surface area contributed by atoms with E-state index in [1.54, 1.807) is 6.92 Å². The first kappa shape index (κ1) is 18.8. The maximum Gasteiger partial charge on any atom is 0.303 e. The minimum atomic E-state index is -0.808. The van der Waals surface area contributed by atoms with Crippen LogP contribution in [0, 0.1) is 0 Å². The molecule has 20 heavy (non-hydrogen) atoms. The number of nitrogens with one attached hydrogen (secondary N) is 1. The summed E-state index contributed by atoms with van der Waals surface area (Å²) in [5.74, 6) is -0.790. The van der Waals surface area contributed by atoms with E-state index in [1.165, 1.54) is 0 Å². The largest absolute Gasteiger partial charge is 0.481 e. The molecule has 7 heteroatoms. The van der Waals surface area contributed by atoms with E-state index in [9.17, 15) is 9.59 Å². The Hall–Kier alpha value is -1.18. The van der Waals surface area contributed by atoms with Gasteiger partial charge in [-0.15, -0.1) is 0 Å². The van der Waals surface area contributed by atoms with Gasteiger partial charge in [-0.1, -0.05) is 6.92 Å². The van der Waals surface area contributed by atoms with Crippen molar-refractivity contribution in [2.24, 2.45) is 0 Å². The molecule has 0 unspecified atom stereocenters. The molecule has 0 fully saturated rings. The fourth-order valence-electron chi connectivity index (χ4n) is 1.25. The molecular formula is C13H25NO6. The van der Waals surface area contributed by atoms with Crippen LogP contribution in [0.2, 0.25) is 0 Å². The van der Waals surface area contributed by atoms with E-state index in [0.29, 0.717) is 59.0 Å². The summed E-state index contributed by atoms with van der Waals surface area (Å²) in [6, 6.07) is 0. The number of hydrogen-bond acceptors (Lipinski definition) is 5. The number of carbonyl (C=O) groups is 2. The summed E-state index contributed by atoms with van der Waals surface area (Å²) in [7, 11) is 0. The van der Waals surface area contributed by atoms with Gasteiger partial charge in [0.05, 0.1) is 33.0 Å². The molecule has 0 heterocycles. The molecule has 0 rings (SSSR count). The van der Waals surface area contributed by atoms with Gasteiger partial charge in [0.1, 0.15) is 0 Å². The molecule has 0 radical (unpaired) electrons. The number of aliphatic carboxylic acids is 1. The van der Waals surface area contributed by atoms with E-state index in [0.717, 1.165) is 0 Å². The number of carboxylic acid groups (broad SMARTS) is 1. The Labute approximate surface area is 119 Å². The van der Waals surface area contributed by atoms with Gasteiger partial charge < -0.3 is 24.6 Å². The number of hydrogen-bond donors (Lipinski definition) is 2. The van der Waals surface area contributed by atoms with Crippen molar-refractivity contribution in [2.75, 3.05) is 46.2 Å². The lowest BCUT2D eigenvalue weighted by molar-refractivity contribution is -0.137. The Kier molecular flexibility index (Phi) is 13.4. The van der Waals surface area contributed by atoms with E-state index in [-0.39, 0.29) is 12.3 Å².